The van der Waals surface area contributed by atoms with Crippen LogP contribution in [-0.2, 0) is 0 Å². The Balaban J connectivity index is 1.50. The van der Waals surface area contributed by atoms with E-state index in [1.807, 2.05) is 30.3 Å². The minimum atomic E-state index is -0.112. The van der Waals surface area contributed by atoms with Crippen molar-refractivity contribution in [2.24, 2.45) is 0 Å². The van der Waals surface area contributed by atoms with Crippen LogP contribution in [0.1, 0.15) is 35.8 Å². The average molecular weight is 330 g/mol. The summed E-state index contributed by atoms with van der Waals surface area (Å²) in [5, 5.41) is -0.112. The number of piperidine rings is 1. The third-order valence-electron chi connectivity index (χ3n) is 4.39. The van der Waals surface area contributed by atoms with E-state index < -0.39 is 0 Å². The lowest BCUT2D eigenvalue weighted by atomic mass is 10.0. The second-order valence-corrected chi connectivity index (χ2v) is 6.53. The number of nitrogens with zero attached hydrogens (tertiary/aromatic N) is 1. The van der Waals surface area contributed by atoms with Gasteiger partial charge in [-0.2, -0.15) is 0 Å². The van der Waals surface area contributed by atoms with Crippen LogP contribution in [0.4, 0.5) is 0 Å². The molecule has 1 unspecified atom stereocenters. The van der Waals surface area contributed by atoms with Gasteiger partial charge < -0.3 is 4.74 Å². The van der Waals surface area contributed by atoms with Crippen molar-refractivity contribution in [1.29, 1.82) is 0 Å². The maximum atomic E-state index is 6.54. The van der Waals surface area contributed by atoms with Gasteiger partial charge >= 0.3 is 0 Å². The number of hydrogen-bond acceptors (Lipinski definition) is 2. The molecule has 1 aliphatic heterocycles. The molecule has 1 aliphatic rings. The Hall–Kier alpha value is -1.51. The summed E-state index contributed by atoms with van der Waals surface area (Å²) in [5.74, 6) is 0.919. The van der Waals surface area contributed by atoms with E-state index in [-0.39, 0.29) is 5.38 Å². The van der Waals surface area contributed by atoms with E-state index in [0.717, 1.165) is 30.0 Å². The first-order valence-electron chi connectivity index (χ1n) is 8.47. The summed E-state index contributed by atoms with van der Waals surface area (Å²) in [4.78, 5) is 2.49. The number of likely N-dealkylation sites (tertiary alicyclic amines) is 1. The lowest BCUT2D eigenvalue weighted by Crippen LogP contribution is -2.33. The van der Waals surface area contributed by atoms with Gasteiger partial charge in [-0.15, -0.1) is 11.6 Å². The van der Waals surface area contributed by atoms with E-state index in [0.29, 0.717) is 0 Å². The molecule has 0 N–H and O–H groups in total. The van der Waals surface area contributed by atoms with Crippen LogP contribution in [0.15, 0.2) is 54.6 Å². The van der Waals surface area contributed by atoms with Gasteiger partial charge in [0.05, 0.1) is 5.38 Å². The smallest absolute Gasteiger partial charge is 0.119 e. The minimum Gasteiger partial charge on any atom is -0.492 e. The van der Waals surface area contributed by atoms with Crippen molar-refractivity contribution in [1.82, 2.24) is 4.90 Å². The third kappa shape index (κ3) is 4.73. The van der Waals surface area contributed by atoms with Crippen molar-refractivity contribution in [3.63, 3.8) is 0 Å². The predicted octanol–water partition coefficient (Wildman–Crippen LogP) is 4.88. The van der Waals surface area contributed by atoms with E-state index in [2.05, 4.69) is 29.2 Å². The van der Waals surface area contributed by atoms with Crippen molar-refractivity contribution < 1.29 is 4.74 Å². The van der Waals surface area contributed by atoms with Gasteiger partial charge in [0.2, 0.25) is 0 Å². The third-order valence-corrected chi connectivity index (χ3v) is 4.89. The first-order valence-corrected chi connectivity index (χ1v) is 8.91. The Kier molecular flexibility index (Phi) is 5.95. The van der Waals surface area contributed by atoms with Crippen LogP contribution in [0.25, 0.3) is 0 Å². The standard InChI is InChI=1S/C20H24ClNO/c21-20(17-7-3-1-4-8-17)18-9-11-19(12-10-18)23-16-15-22-13-5-2-6-14-22/h1,3-4,7-12,20H,2,5-6,13-16H2. The van der Waals surface area contributed by atoms with Gasteiger partial charge in [-0.05, 0) is 49.2 Å². The quantitative estimate of drug-likeness (QED) is 0.700. The molecule has 3 rings (SSSR count). The van der Waals surface area contributed by atoms with Crippen molar-refractivity contribution in [2.45, 2.75) is 24.6 Å². The topological polar surface area (TPSA) is 12.5 Å². The molecule has 1 atom stereocenters. The molecule has 1 heterocycles. The van der Waals surface area contributed by atoms with Crippen LogP contribution in [0.2, 0.25) is 0 Å². The van der Waals surface area contributed by atoms with Crippen LogP contribution in [0.5, 0.6) is 5.75 Å². The molecule has 0 aliphatic carbocycles. The predicted molar refractivity (Wildman–Crippen MR) is 96.4 cm³/mol. The summed E-state index contributed by atoms with van der Waals surface area (Å²) in [5.41, 5.74) is 2.22. The molecule has 1 saturated heterocycles. The number of ether oxygens (including phenoxy) is 1. The molecular weight excluding hydrogens is 306 g/mol. The molecular formula is C20H24ClNO. The lowest BCUT2D eigenvalue weighted by molar-refractivity contribution is 0.183. The summed E-state index contributed by atoms with van der Waals surface area (Å²) >= 11 is 6.54. The van der Waals surface area contributed by atoms with E-state index in [1.54, 1.807) is 0 Å². The number of halogens is 1. The van der Waals surface area contributed by atoms with Crippen molar-refractivity contribution in [2.75, 3.05) is 26.2 Å². The molecule has 1 fully saturated rings. The molecule has 122 valence electrons. The zero-order chi connectivity index (χ0) is 15.9. The van der Waals surface area contributed by atoms with Crippen LogP contribution < -0.4 is 4.74 Å². The van der Waals surface area contributed by atoms with Crippen molar-refractivity contribution in [3.05, 3.63) is 65.7 Å². The highest BCUT2D eigenvalue weighted by atomic mass is 35.5. The fraction of sp³-hybridized carbons (Fsp3) is 0.400. The Morgan fingerprint density at radius 1 is 0.870 bits per heavy atom. The second-order valence-electron chi connectivity index (χ2n) is 6.09. The highest BCUT2D eigenvalue weighted by Crippen LogP contribution is 2.29. The zero-order valence-electron chi connectivity index (χ0n) is 13.5. The monoisotopic (exact) mass is 329 g/mol. The largest absolute Gasteiger partial charge is 0.492 e. The van der Waals surface area contributed by atoms with Crippen LogP contribution in [0, 0.1) is 0 Å². The van der Waals surface area contributed by atoms with E-state index in [1.165, 1.54) is 32.4 Å². The SMILES string of the molecule is ClC(c1ccccc1)c1ccc(OCCN2CCCCC2)cc1. The van der Waals surface area contributed by atoms with Gasteiger partial charge in [0, 0.05) is 6.54 Å². The van der Waals surface area contributed by atoms with Crippen LogP contribution in [-0.4, -0.2) is 31.1 Å². The fourth-order valence-corrected chi connectivity index (χ4v) is 3.31. The molecule has 0 amide bonds. The zero-order valence-corrected chi connectivity index (χ0v) is 14.2. The number of alkyl halides is 1. The Bertz CT molecular complexity index is 578. The molecule has 3 heteroatoms. The van der Waals surface area contributed by atoms with E-state index in [4.69, 9.17) is 16.3 Å². The van der Waals surface area contributed by atoms with Gasteiger partial charge in [0.1, 0.15) is 12.4 Å². The number of rotatable bonds is 6. The first-order chi connectivity index (χ1) is 11.3. The Morgan fingerprint density at radius 2 is 1.52 bits per heavy atom. The molecule has 23 heavy (non-hydrogen) atoms. The summed E-state index contributed by atoms with van der Waals surface area (Å²) in [6, 6.07) is 18.3. The van der Waals surface area contributed by atoms with Crippen molar-refractivity contribution in [3.8, 4) is 5.75 Å². The van der Waals surface area contributed by atoms with Crippen LogP contribution in [0.3, 0.4) is 0 Å². The normalized spacial score (nSPS) is 16.9. The summed E-state index contributed by atoms with van der Waals surface area (Å²) in [7, 11) is 0. The van der Waals surface area contributed by atoms with Crippen molar-refractivity contribution >= 4 is 11.6 Å². The minimum absolute atomic E-state index is 0.112. The van der Waals surface area contributed by atoms with E-state index >= 15 is 0 Å². The van der Waals surface area contributed by atoms with Gasteiger partial charge in [-0.25, -0.2) is 0 Å². The van der Waals surface area contributed by atoms with Gasteiger partial charge in [-0.3, -0.25) is 4.90 Å². The maximum absolute atomic E-state index is 6.54. The molecule has 0 radical (unpaired) electrons. The molecule has 2 nitrogen and oxygen atoms in total. The highest BCUT2D eigenvalue weighted by molar-refractivity contribution is 6.22. The van der Waals surface area contributed by atoms with Gasteiger partial charge in [0.15, 0.2) is 0 Å². The van der Waals surface area contributed by atoms with Gasteiger partial charge in [-0.1, -0.05) is 48.9 Å². The molecule has 0 aromatic heterocycles. The number of hydrogen-bond donors (Lipinski definition) is 0. The molecule has 0 spiro atoms. The summed E-state index contributed by atoms with van der Waals surface area (Å²) in [6.45, 7) is 4.20. The van der Waals surface area contributed by atoms with E-state index in [9.17, 15) is 0 Å². The molecule has 0 bridgehead atoms. The summed E-state index contributed by atoms with van der Waals surface area (Å²) in [6.07, 6.45) is 4.02. The number of benzene rings is 2. The first kappa shape index (κ1) is 16.4. The maximum Gasteiger partial charge on any atom is 0.119 e. The molecule has 0 saturated carbocycles. The molecule has 2 aromatic rings. The van der Waals surface area contributed by atoms with Gasteiger partial charge in [0.25, 0.3) is 0 Å². The average Bonchev–Trinajstić information content (AvgIpc) is 2.63. The second kappa shape index (κ2) is 8.37. The summed E-state index contributed by atoms with van der Waals surface area (Å²) < 4.78 is 5.86. The Morgan fingerprint density at radius 3 is 2.22 bits per heavy atom. The lowest BCUT2D eigenvalue weighted by Gasteiger charge is -2.26. The molecule has 2 aromatic carbocycles. The fourth-order valence-electron chi connectivity index (χ4n) is 3.02. The van der Waals surface area contributed by atoms with Crippen LogP contribution >= 0.6 is 11.6 Å². The Labute approximate surface area is 144 Å². The highest BCUT2D eigenvalue weighted by Gasteiger charge is 2.11.